The molecule has 0 aliphatic carbocycles. The lowest BCUT2D eigenvalue weighted by Crippen LogP contribution is -2.13. The monoisotopic (exact) mass is 273 g/mol. The maximum absolute atomic E-state index is 10.9. The largest absolute Gasteiger partial charge is 0.492 e. The van der Waals surface area contributed by atoms with Crippen LogP contribution in [0.15, 0.2) is 18.2 Å². The molecule has 92 valence electrons. The number of hydrogen-bond donors (Lipinski definition) is 1. The zero-order valence-electron chi connectivity index (χ0n) is 9.23. The maximum atomic E-state index is 10.9. The molecule has 0 heterocycles. The van der Waals surface area contributed by atoms with Gasteiger partial charge in [0.2, 0.25) is 0 Å². The van der Waals surface area contributed by atoms with E-state index in [1.165, 1.54) is 7.11 Å². The molecule has 1 rings (SSSR count). The number of halogens is 1. The Kier molecular flexibility index (Phi) is 5.18. The van der Waals surface area contributed by atoms with Gasteiger partial charge in [-0.1, -0.05) is 23.8 Å². The average molecular weight is 274 g/mol. The number of ether oxygens (including phenoxy) is 2. The summed E-state index contributed by atoms with van der Waals surface area (Å²) in [5.41, 5.74) is 6.13. The summed E-state index contributed by atoms with van der Waals surface area (Å²) >= 11 is 10.7. The summed E-state index contributed by atoms with van der Waals surface area (Å²) in [5, 5.41) is 0.512. The third-order valence-electron chi connectivity index (χ3n) is 2.00. The highest BCUT2D eigenvalue weighted by molar-refractivity contribution is 7.80. The molecule has 1 aromatic carbocycles. The summed E-state index contributed by atoms with van der Waals surface area (Å²) in [6.07, 6.45) is 0.153. The molecule has 0 radical (unpaired) electrons. The number of nitrogens with two attached hydrogens (primary N) is 1. The molecule has 2 N–H and O–H groups in total. The maximum Gasteiger partial charge on any atom is 0.308 e. The van der Waals surface area contributed by atoms with Crippen molar-refractivity contribution < 1.29 is 14.3 Å². The highest BCUT2D eigenvalue weighted by atomic mass is 35.5. The van der Waals surface area contributed by atoms with Gasteiger partial charge in [0.15, 0.2) is 0 Å². The highest BCUT2D eigenvalue weighted by Crippen LogP contribution is 2.23. The fraction of sp³-hybridized carbons (Fsp3) is 0.273. The minimum absolute atomic E-state index is 0.153. The zero-order chi connectivity index (χ0) is 12.8. The summed E-state index contributed by atoms with van der Waals surface area (Å²) in [4.78, 5) is 11.1. The van der Waals surface area contributed by atoms with Crippen molar-refractivity contribution in [1.29, 1.82) is 0 Å². The molecule has 0 aliphatic heterocycles. The Morgan fingerprint density at radius 3 is 2.82 bits per heavy atom. The van der Waals surface area contributed by atoms with Crippen molar-refractivity contribution in [1.82, 2.24) is 0 Å². The van der Waals surface area contributed by atoms with Crippen LogP contribution < -0.4 is 10.5 Å². The van der Waals surface area contributed by atoms with Crippen LogP contribution in [0.25, 0.3) is 0 Å². The van der Waals surface area contributed by atoms with Crippen LogP contribution in [0.3, 0.4) is 0 Å². The molecule has 0 aromatic heterocycles. The third-order valence-corrected chi connectivity index (χ3v) is 2.46. The first kappa shape index (κ1) is 13.7. The number of rotatable bonds is 5. The first-order valence-electron chi connectivity index (χ1n) is 4.83. The van der Waals surface area contributed by atoms with Crippen molar-refractivity contribution in [2.45, 2.75) is 6.42 Å². The van der Waals surface area contributed by atoms with Crippen molar-refractivity contribution in [2.75, 3.05) is 13.7 Å². The molecule has 0 saturated carbocycles. The number of esters is 1. The van der Waals surface area contributed by atoms with Crippen molar-refractivity contribution in [3.05, 3.63) is 28.8 Å². The van der Waals surface area contributed by atoms with Gasteiger partial charge in [-0.2, -0.15) is 0 Å². The van der Waals surface area contributed by atoms with Crippen LogP contribution in [0.1, 0.15) is 12.0 Å². The van der Waals surface area contributed by atoms with E-state index in [1.807, 2.05) is 0 Å². The van der Waals surface area contributed by atoms with Gasteiger partial charge in [-0.05, 0) is 18.2 Å². The van der Waals surface area contributed by atoms with E-state index in [2.05, 4.69) is 4.74 Å². The second-order valence-corrected chi connectivity index (χ2v) is 4.06. The van der Waals surface area contributed by atoms with Crippen LogP contribution in [0.2, 0.25) is 5.02 Å². The molecule has 6 heteroatoms. The zero-order valence-corrected chi connectivity index (χ0v) is 10.8. The van der Waals surface area contributed by atoms with E-state index in [0.717, 1.165) is 0 Å². The Bertz CT molecular complexity index is 437. The number of carbonyl (C=O) groups is 1. The standard InChI is InChI=1S/C11H12ClNO3S/c1-15-10(14)4-5-16-9-6-7(12)2-3-8(9)11(13)17/h2-3,6H,4-5H2,1H3,(H2,13,17). The van der Waals surface area contributed by atoms with Gasteiger partial charge < -0.3 is 15.2 Å². The number of hydrogen-bond acceptors (Lipinski definition) is 4. The van der Waals surface area contributed by atoms with Gasteiger partial charge in [0.25, 0.3) is 0 Å². The minimum Gasteiger partial charge on any atom is -0.492 e. The summed E-state index contributed by atoms with van der Waals surface area (Å²) < 4.78 is 9.89. The second-order valence-electron chi connectivity index (χ2n) is 3.18. The average Bonchev–Trinajstić information content (AvgIpc) is 2.28. The van der Waals surface area contributed by atoms with Crippen molar-refractivity contribution in [3.63, 3.8) is 0 Å². The van der Waals surface area contributed by atoms with Crippen molar-refractivity contribution in [2.24, 2.45) is 5.73 Å². The lowest BCUT2D eigenvalue weighted by Gasteiger charge is -2.10. The predicted molar refractivity (Wildman–Crippen MR) is 69.5 cm³/mol. The number of carbonyl (C=O) groups excluding carboxylic acids is 1. The predicted octanol–water partition coefficient (Wildman–Crippen LogP) is 1.92. The molecule has 0 bridgehead atoms. The van der Waals surface area contributed by atoms with Gasteiger partial charge in [-0.25, -0.2) is 0 Å². The van der Waals surface area contributed by atoms with E-state index in [9.17, 15) is 4.79 Å². The van der Waals surface area contributed by atoms with Crippen LogP contribution in [-0.2, 0) is 9.53 Å². The molecule has 17 heavy (non-hydrogen) atoms. The topological polar surface area (TPSA) is 61.5 Å². The molecule has 0 amide bonds. The van der Waals surface area contributed by atoms with Crippen molar-refractivity contribution in [3.8, 4) is 5.75 Å². The first-order chi connectivity index (χ1) is 8.04. The molecule has 0 spiro atoms. The van der Waals surface area contributed by atoms with Gasteiger partial charge in [-0.15, -0.1) is 0 Å². The van der Waals surface area contributed by atoms with Crippen LogP contribution in [0, 0.1) is 0 Å². The molecular weight excluding hydrogens is 262 g/mol. The lowest BCUT2D eigenvalue weighted by atomic mass is 10.2. The summed E-state index contributed by atoms with van der Waals surface area (Å²) in [6.45, 7) is 0.183. The van der Waals surface area contributed by atoms with E-state index in [1.54, 1.807) is 18.2 Å². The normalized spacial score (nSPS) is 9.76. The van der Waals surface area contributed by atoms with Crippen LogP contribution in [0.5, 0.6) is 5.75 Å². The Labute approximate surface area is 110 Å². The smallest absolute Gasteiger partial charge is 0.308 e. The second kappa shape index (κ2) is 6.42. The number of methoxy groups -OCH3 is 1. The van der Waals surface area contributed by atoms with Crippen LogP contribution in [0.4, 0.5) is 0 Å². The number of thiocarbonyl (C=S) groups is 1. The van der Waals surface area contributed by atoms with Crippen LogP contribution in [-0.4, -0.2) is 24.7 Å². The van der Waals surface area contributed by atoms with E-state index in [0.29, 0.717) is 16.3 Å². The fourth-order valence-corrected chi connectivity index (χ4v) is 1.50. The van der Waals surface area contributed by atoms with Gasteiger partial charge in [0.05, 0.1) is 25.7 Å². The van der Waals surface area contributed by atoms with Gasteiger partial charge in [-0.3, -0.25) is 4.79 Å². The quantitative estimate of drug-likeness (QED) is 0.656. The molecular formula is C11H12ClNO3S. The van der Waals surface area contributed by atoms with E-state index >= 15 is 0 Å². The molecule has 0 aliphatic rings. The van der Waals surface area contributed by atoms with Gasteiger partial charge in [0, 0.05) is 5.02 Å². The Hall–Kier alpha value is -1.33. The highest BCUT2D eigenvalue weighted by Gasteiger charge is 2.08. The van der Waals surface area contributed by atoms with E-state index in [-0.39, 0.29) is 24.0 Å². The number of benzene rings is 1. The molecule has 0 saturated heterocycles. The summed E-state index contributed by atoms with van der Waals surface area (Å²) in [5.74, 6) is 0.123. The van der Waals surface area contributed by atoms with Gasteiger partial charge >= 0.3 is 5.97 Å². The van der Waals surface area contributed by atoms with E-state index < -0.39 is 0 Å². The lowest BCUT2D eigenvalue weighted by molar-refractivity contribution is -0.141. The summed E-state index contributed by atoms with van der Waals surface area (Å²) in [7, 11) is 1.32. The van der Waals surface area contributed by atoms with E-state index in [4.69, 9.17) is 34.3 Å². The molecule has 0 fully saturated rings. The van der Waals surface area contributed by atoms with Crippen LogP contribution >= 0.6 is 23.8 Å². The Balaban J connectivity index is 2.72. The summed E-state index contributed by atoms with van der Waals surface area (Å²) in [6, 6.07) is 4.95. The third kappa shape index (κ3) is 4.20. The molecule has 1 aromatic rings. The van der Waals surface area contributed by atoms with Gasteiger partial charge in [0.1, 0.15) is 10.7 Å². The molecule has 0 unspecified atom stereocenters. The van der Waals surface area contributed by atoms with Crippen molar-refractivity contribution >= 4 is 34.8 Å². The molecule has 0 atom stereocenters. The minimum atomic E-state index is -0.344. The SMILES string of the molecule is COC(=O)CCOc1cc(Cl)ccc1C(N)=S. The fourth-order valence-electron chi connectivity index (χ4n) is 1.17. The first-order valence-corrected chi connectivity index (χ1v) is 5.62. The Morgan fingerprint density at radius 1 is 1.53 bits per heavy atom. The molecule has 4 nitrogen and oxygen atoms in total. The Morgan fingerprint density at radius 2 is 2.24 bits per heavy atom.